The van der Waals surface area contributed by atoms with Crippen LogP contribution in [0.15, 0.2) is 24.3 Å². The summed E-state index contributed by atoms with van der Waals surface area (Å²) in [4.78, 5) is 29.4. The van der Waals surface area contributed by atoms with Crippen molar-refractivity contribution in [1.29, 1.82) is 0 Å². The van der Waals surface area contributed by atoms with Crippen LogP contribution in [-0.4, -0.2) is 47.6 Å². The molecule has 7 heteroatoms. The largest absolute Gasteiger partial charge is 0.443 e. The lowest BCUT2D eigenvalue weighted by Crippen LogP contribution is -2.63. The maximum absolute atomic E-state index is 13.4. The van der Waals surface area contributed by atoms with Crippen LogP contribution < -0.4 is 15.1 Å². The Balaban J connectivity index is 1.33. The third-order valence-electron chi connectivity index (χ3n) is 7.40. The Labute approximate surface area is 183 Å². The van der Waals surface area contributed by atoms with E-state index in [2.05, 4.69) is 5.32 Å². The van der Waals surface area contributed by atoms with E-state index in [-0.39, 0.29) is 12.1 Å². The monoisotopic (exact) mass is 427 g/mol. The number of nitrogens with one attached hydrogen (secondary N) is 1. The maximum atomic E-state index is 13.4. The molecule has 31 heavy (non-hydrogen) atoms. The zero-order chi connectivity index (χ0) is 22.0. The number of benzene rings is 1. The number of hydrogen-bond acceptors (Lipinski definition) is 4. The number of fused-ring (bicyclic) bond motifs is 1. The summed E-state index contributed by atoms with van der Waals surface area (Å²) >= 11 is 0. The predicted molar refractivity (Wildman–Crippen MR) is 118 cm³/mol. The van der Waals surface area contributed by atoms with E-state index in [0.29, 0.717) is 36.5 Å². The van der Waals surface area contributed by atoms with Gasteiger partial charge in [-0.25, -0.2) is 9.59 Å². The molecule has 0 saturated heterocycles. The molecule has 2 unspecified atom stereocenters. The molecule has 1 heterocycles. The van der Waals surface area contributed by atoms with E-state index >= 15 is 0 Å². The minimum Gasteiger partial charge on any atom is -0.443 e. The Kier molecular flexibility index (Phi) is 4.73. The molecule has 4 aliphatic carbocycles. The first-order chi connectivity index (χ1) is 14.6. The fraction of sp³-hybridized carbons (Fsp3) is 0.667. The number of carbonyl (C=O) groups excluding carboxylic acids is 2. The van der Waals surface area contributed by atoms with Crippen LogP contribution in [0, 0.1) is 17.8 Å². The number of nitrogens with zero attached hydrogens (tertiary/aromatic N) is 2. The Morgan fingerprint density at radius 1 is 1.03 bits per heavy atom. The SMILES string of the molecule is CC(C)(C)OC(=O)N1CCN(C(=O)N[C@H]2C3CC4CC2C[C@](O)(C4)C3)c2ccccc21. The van der Waals surface area contributed by atoms with Crippen LogP contribution in [0.1, 0.15) is 52.9 Å². The molecule has 2 atom stereocenters. The van der Waals surface area contributed by atoms with Gasteiger partial charge in [0.25, 0.3) is 0 Å². The summed E-state index contributed by atoms with van der Waals surface area (Å²) in [6, 6.07) is 7.51. The van der Waals surface area contributed by atoms with Gasteiger partial charge in [0.05, 0.1) is 17.0 Å². The van der Waals surface area contributed by atoms with Crippen molar-refractivity contribution in [2.75, 3.05) is 22.9 Å². The second kappa shape index (κ2) is 7.12. The molecule has 1 aromatic carbocycles. The summed E-state index contributed by atoms with van der Waals surface area (Å²) < 4.78 is 5.57. The van der Waals surface area contributed by atoms with Crippen LogP contribution in [0.2, 0.25) is 0 Å². The van der Waals surface area contributed by atoms with Crippen molar-refractivity contribution in [3.8, 4) is 0 Å². The normalized spacial score (nSPS) is 33.8. The van der Waals surface area contributed by atoms with Gasteiger partial charge in [-0.2, -0.15) is 0 Å². The Morgan fingerprint density at radius 3 is 2.19 bits per heavy atom. The fourth-order valence-electron chi connectivity index (χ4n) is 6.52. The maximum Gasteiger partial charge on any atom is 0.414 e. The molecule has 168 valence electrons. The van der Waals surface area contributed by atoms with Crippen LogP contribution in [0.25, 0.3) is 0 Å². The summed E-state index contributed by atoms with van der Waals surface area (Å²) in [6.07, 6.45) is 4.34. The van der Waals surface area contributed by atoms with Crippen molar-refractivity contribution in [2.24, 2.45) is 17.8 Å². The predicted octanol–water partition coefficient (Wildman–Crippen LogP) is 3.90. The standard InChI is InChI=1S/C24H33N3O4/c1-23(2,3)31-22(29)27-9-8-26(18-6-4-5-7-19(18)27)21(28)25-20-16-10-15-11-17(20)14-24(30,12-15)13-16/h4-7,15-17,20,30H,8-14H2,1-3H3,(H,25,28)/t15?,16?,17?,20-,24-. The van der Waals surface area contributed by atoms with Crippen LogP contribution >= 0.6 is 0 Å². The van der Waals surface area contributed by atoms with Crippen molar-refractivity contribution in [3.63, 3.8) is 0 Å². The molecule has 4 fully saturated rings. The van der Waals surface area contributed by atoms with E-state index in [0.717, 1.165) is 37.8 Å². The number of urea groups is 1. The van der Waals surface area contributed by atoms with Gasteiger partial charge in [0.15, 0.2) is 0 Å². The molecule has 1 aromatic rings. The molecular formula is C24H33N3O4. The van der Waals surface area contributed by atoms with Crippen molar-refractivity contribution >= 4 is 23.5 Å². The van der Waals surface area contributed by atoms with Crippen molar-refractivity contribution in [1.82, 2.24) is 5.32 Å². The van der Waals surface area contributed by atoms with Crippen LogP contribution in [0.5, 0.6) is 0 Å². The number of hydrogen-bond donors (Lipinski definition) is 2. The molecule has 0 spiro atoms. The van der Waals surface area contributed by atoms with Crippen molar-refractivity contribution in [2.45, 2.75) is 70.1 Å². The van der Waals surface area contributed by atoms with Gasteiger partial charge in [-0.3, -0.25) is 9.80 Å². The van der Waals surface area contributed by atoms with Gasteiger partial charge in [0.2, 0.25) is 0 Å². The zero-order valence-electron chi connectivity index (χ0n) is 18.6. The van der Waals surface area contributed by atoms with E-state index in [4.69, 9.17) is 4.74 Å². The molecule has 3 amide bonds. The summed E-state index contributed by atoms with van der Waals surface area (Å²) in [5, 5.41) is 14.1. The number of amides is 3. The first kappa shape index (κ1) is 20.6. The highest BCUT2D eigenvalue weighted by molar-refractivity contribution is 6.01. The van der Waals surface area contributed by atoms with Gasteiger partial charge < -0.3 is 15.2 Å². The first-order valence-electron chi connectivity index (χ1n) is 11.5. The van der Waals surface area contributed by atoms with E-state index in [9.17, 15) is 14.7 Å². The average Bonchev–Trinajstić information content (AvgIpc) is 2.67. The number of rotatable bonds is 1. The molecule has 6 rings (SSSR count). The molecule has 5 aliphatic rings. The highest BCUT2D eigenvalue weighted by atomic mass is 16.6. The molecular weight excluding hydrogens is 394 g/mol. The summed E-state index contributed by atoms with van der Waals surface area (Å²) in [5.41, 5.74) is 0.324. The van der Waals surface area contributed by atoms with Gasteiger partial charge in [0, 0.05) is 19.1 Å². The Hall–Kier alpha value is -2.28. The highest BCUT2D eigenvalue weighted by Crippen LogP contribution is 2.55. The minimum atomic E-state index is -0.579. The summed E-state index contributed by atoms with van der Waals surface area (Å²) in [6.45, 7) is 6.35. The van der Waals surface area contributed by atoms with E-state index < -0.39 is 17.3 Å². The van der Waals surface area contributed by atoms with Gasteiger partial charge >= 0.3 is 12.1 Å². The van der Waals surface area contributed by atoms with Gasteiger partial charge in [-0.15, -0.1) is 0 Å². The first-order valence-corrected chi connectivity index (χ1v) is 11.5. The van der Waals surface area contributed by atoms with Gasteiger partial charge in [-0.1, -0.05) is 12.1 Å². The number of para-hydroxylation sites is 2. The quantitative estimate of drug-likeness (QED) is 0.712. The molecule has 4 bridgehead atoms. The third kappa shape index (κ3) is 3.77. The Morgan fingerprint density at radius 2 is 1.61 bits per heavy atom. The van der Waals surface area contributed by atoms with Gasteiger partial charge in [-0.05, 0) is 82.8 Å². The average molecular weight is 428 g/mol. The second-order valence-electron chi connectivity index (χ2n) is 10.9. The van der Waals surface area contributed by atoms with Crippen molar-refractivity contribution < 1.29 is 19.4 Å². The van der Waals surface area contributed by atoms with Crippen molar-refractivity contribution in [3.05, 3.63) is 24.3 Å². The lowest BCUT2D eigenvalue weighted by atomic mass is 9.52. The topological polar surface area (TPSA) is 82.1 Å². The molecule has 0 radical (unpaired) electrons. The molecule has 7 nitrogen and oxygen atoms in total. The third-order valence-corrected chi connectivity index (χ3v) is 7.40. The Bertz CT molecular complexity index is 879. The summed E-state index contributed by atoms with van der Waals surface area (Å²) in [5.74, 6) is 1.32. The lowest BCUT2D eigenvalue weighted by molar-refractivity contribution is -0.136. The second-order valence-corrected chi connectivity index (χ2v) is 10.9. The van der Waals surface area contributed by atoms with Crippen LogP contribution in [0.4, 0.5) is 21.0 Å². The van der Waals surface area contributed by atoms with E-state index in [1.165, 1.54) is 0 Å². The number of ether oxygens (including phenoxy) is 1. The number of carbonyl (C=O) groups is 2. The van der Waals surface area contributed by atoms with Crippen LogP contribution in [-0.2, 0) is 4.74 Å². The molecule has 1 aliphatic heterocycles. The van der Waals surface area contributed by atoms with Crippen LogP contribution in [0.3, 0.4) is 0 Å². The minimum absolute atomic E-state index is 0.110. The molecule has 4 saturated carbocycles. The number of anilines is 2. The molecule has 2 N–H and O–H groups in total. The number of aliphatic hydroxyl groups is 1. The summed E-state index contributed by atoms with van der Waals surface area (Å²) in [7, 11) is 0. The fourth-order valence-corrected chi connectivity index (χ4v) is 6.52. The van der Waals surface area contributed by atoms with E-state index in [1.807, 2.05) is 45.0 Å². The molecule has 0 aromatic heterocycles. The lowest BCUT2D eigenvalue weighted by Gasteiger charge is -2.58. The zero-order valence-corrected chi connectivity index (χ0v) is 18.6. The smallest absolute Gasteiger partial charge is 0.414 e. The highest BCUT2D eigenvalue weighted by Gasteiger charge is 2.55. The van der Waals surface area contributed by atoms with Gasteiger partial charge in [0.1, 0.15) is 5.60 Å². The van der Waals surface area contributed by atoms with E-state index in [1.54, 1.807) is 9.80 Å².